The maximum Gasteiger partial charge on any atom is 0.298 e. The standard InChI is InChI=1S/C2HF3.2CHNO/c3-1-2(4)5;2*2-1-3/h1H;2*2H. The summed E-state index contributed by atoms with van der Waals surface area (Å²) in [5.74, 6) is 0. The largest absolute Gasteiger partial charge is 0.298 e. The molecule has 0 aromatic heterocycles. The van der Waals surface area contributed by atoms with Gasteiger partial charge in [-0.05, 0) is 0 Å². The van der Waals surface area contributed by atoms with E-state index in [9.17, 15) is 13.2 Å². The highest BCUT2D eigenvalue weighted by Crippen LogP contribution is 1.93. The zero-order valence-corrected chi connectivity index (χ0v) is 5.03. The van der Waals surface area contributed by atoms with Crippen LogP contribution in [0.15, 0.2) is 12.4 Å². The molecule has 11 heavy (non-hydrogen) atoms. The van der Waals surface area contributed by atoms with Crippen LogP contribution in [-0.2, 0) is 9.59 Å². The van der Waals surface area contributed by atoms with Gasteiger partial charge in [-0.25, -0.2) is 24.8 Å². The van der Waals surface area contributed by atoms with Gasteiger partial charge in [0.25, 0.3) is 6.08 Å². The van der Waals surface area contributed by atoms with Crippen LogP contribution in [0.5, 0.6) is 0 Å². The Morgan fingerprint density at radius 1 is 1.18 bits per heavy atom. The van der Waals surface area contributed by atoms with E-state index < -0.39 is 12.4 Å². The van der Waals surface area contributed by atoms with Crippen LogP contribution in [0.2, 0.25) is 0 Å². The fourth-order valence-corrected chi connectivity index (χ4v) is 0. The Balaban J connectivity index is -0.0000000933. The molecule has 0 amide bonds. The summed E-state index contributed by atoms with van der Waals surface area (Å²) in [6, 6.07) is 0. The van der Waals surface area contributed by atoms with E-state index in [0.717, 1.165) is 12.2 Å². The van der Waals surface area contributed by atoms with Crippen molar-refractivity contribution in [3.63, 3.8) is 0 Å². The third kappa shape index (κ3) is 3900. The van der Waals surface area contributed by atoms with E-state index in [1.807, 2.05) is 0 Å². The van der Waals surface area contributed by atoms with Crippen LogP contribution in [0.1, 0.15) is 0 Å². The lowest BCUT2D eigenvalue weighted by atomic mass is 11.1. The minimum absolute atomic E-state index is 0.750. The van der Waals surface area contributed by atoms with Crippen molar-refractivity contribution >= 4 is 12.2 Å². The summed E-state index contributed by atoms with van der Waals surface area (Å²) in [5, 5.41) is 10.8. The average molecular weight is 168 g/mol. The van der Waals surface area contributed by atoms with E-state index >= 15 is 0 Å². The minimum Gasteiger partial charge on any atom is -0.222 e. The van der Waals surface area contributed by atoms with Gasteiger partial charge in [-0.15, -0.1) is 0 Å². The molecule has 0 aliphatic carbocycles. The van der Waals surface area contributed by atoms with E-state index in [-0.39, 0.29) is 0 Å². The summed E-state index contributed by atoms with van der Waals surface area (Å²) in [5.41, 5.74) is 0. The maximum absolute atomic E-state index is 10.2. The van der Waals surface area contributed by atoms with E-state index in [1.165, 1.54) is 0 Å². The first-order valence-corrected chi connectivity index (χ1v) is 1.79. The fourth-order valence-electron chi connectivity index (χ4n) is 0. The second-order valence-electron chi connectivity index (χ2n) is 0.603. The van der Waals surface area contributed by atoms with Crippen LogP contribution in [0.25, 0.3) is 0 Å². The Morgan fingerprint density at radius 3 is 1.27 bits per heavy atom. The number of halogens is 3. The lowest BCUT2D eigenvalue weighted by Crippen LogP contribution is -1.42. The van der Waals surface area contributed by atoms with E-state index in [0.29, 0.717) is 0 Å². The van der Waals surface area contributed by atoms with Gasteiger partial charge in [0.05, 0.1) is 0 Å². The lowest BCUT2D eigenvalue weighted by Gasteiger charge is -1.59. The molecule has 0 aliphatic rings. The molecule has 0 fully saturated rings. The van der Waals surface area contributed by atoms with Crippen LogP contribution in [0.4, 0.5) is 13.2 Å². The number of isocyanates is 2. The van der Waals surface area contributed by atoms with Gasteiger partial charge in [-0.1, -0.05) is 0 Å². The molecule has 0 heterocycles. The second-order valence-corrected chi connectivity index (χ2v) is 0.603. The molecular weight excluding hydrogens is 165 g/mol. The molecule has 0 unspecified atom stereocenters. The molecule has 2 N–H and O–H groups in total. The molecule has 0 saturated carbocycles. The lowest BCUT2D eigenvalue weighted by molar-refractivity contribution is 0.400. The van der Waals surface area contributed by atoms with Crippen molar-refractivity contribution in [1.29, 1.82) is 10.8 Å². The summed E-state index contributed by atoms with van der Waals surface area (Å²) in [6.07, 6.45) is -1.54. The number of hydrogen-bond donors (Lipinski definition) is 2. The van der Waals surface area contributed by atoms with Crippen LogP contribution in [0.3, 0.4) is 0 Å². The van der Waals surface area contributed by atoms with Crippen molar-refractivity contribution in [1.82, 2.24) is 0 Å². The third-order valence-electron chi connectivity index (χ3n) is 0.0825. The Morgan fingerprint density at radius 2 is 1.27 bits per heavy atom. The van der Waals surface area contributed by atoms with Gasteiger partial charge >= 0.3 is 0 Å². The van der Waals surface area contributed by atoms with Gasteiger partial charge in [0.1, 0.15) is 0 Å². The van der Waals surface area contributed by atoms with Crippen molar-refractivity contribution in [2.24, 2.45) is 0 Å². The molecule has 0 atom stereocenters. The summed E-state index contributed by atoms with van der Waals surface area (Å²) in [6.45, 7) is 0. The first-order valence-electron chi connectivity index (χ1n) is 1.79. The molecule has 0 spiro atoms. The SMILES string of the molecule is FC=C(F)F.N=C=O.N=C=O. The zero-order valence-electron chi connectivity index (χ0n) is 5.03. The molecule has 0 saturated heterocycles. The topological polar surface area (TPSA) is 81.8 Å². The van der Waals surface area contributed by atoms with Gasteiger partial charge in [-0.2, -0.15) is 8.78 Å². The van der Waals surface area contributed by atoms with Crippen molar-refractivity contribution in [3.05, 3.63) is 12.4 Å². The van der Waals surface area contributed by atoms with Gasteiger partial charge in [0.2, 0.25) is 12.2 Å². The second kappa shape index (κ2) is 23.9. The van der Waals surface area contributed by atoms with Gasteiger partial charge in [-0.3, -0.25) is 0 Å². The summed E-state index contributed by atoms with van der Waals surface area (Å²) in [4.78, 5) is 16.7. The van der Waals surface area contributed by atoms with Gasteiger partial charge in [0, 0.05) is 0 Å². The predicted molar refractivity (Wildman–Crippen MR) is 28.2 cm³/mol. The smallest absolute Gasteiger partial charge is 0.222 e. The van der Waals surface area contributed by atoms with Crippen molar-refractivity contribution in [3.8, 4) is 0 Å². The summed E-state index contributed by atoms with van der Waals surface area (Å²) in [7, 11) is 0. The first kappa shape index (κ1) is 16.1. The molecule has 62 valence electrons. The van der Waals surface area contributed by atoms with E-state index in [2.05, 4.69) is 0 Å². The zero-order chi connectivity index (χ0) is 9.70. The number of carbonyl (C=O) groups excluding carboxylic acids is 2. The van der Waals surface area contributed by atoms with Crippen molar-refractivity contribution in [2.75, 3.05) is 0 Å². The molecule has 0 aromatic carbocycles. The molecule has 0 bridgehead atoms. The number of rotatable bonds is 0. The van der Waals surface area contributed by atoms with Crippen LogP contribution in [-0.4, -0.2) is 12.2 Å². The molecule has 0 radical (unpaired) electrons. The van der Waals surface area contributed by atoms with Crippen LogP contribution >= 0.6 is 0 Å². The van der Waals surface area contributed by atoms with E-state index in [1.54, 1.807) is 0 Å². The Kier molecular flexibility index (Phi) is 35.1. The van der Waals surface area contributed by atoms with Crippen molar-refractivity contribution < 1.29 is 22.8 Å². The third-order valence-corrected chi connectivity index (χ3v) is 0.0825. The van der Waals surface area contributed by atoms with Crippen LogP contribution < -0.4 is 0 Å². The van der Waals surface area contributed by atoms with Crippen LogP contribution in [0, 0.1) is 10.8 Å². The summed E-state index contributed by atoms with van der Waals surface area (Å²) >= 11 is 0. The molecule has 4 nitrogen and oxygen atoms in total. The number of nitrogens with one attached hydrogen (secondary N) is 2. The number of hydrogen-bond acceptors (Lipinski definition) is 4. The predicted octanol–water partition coefficient (Wildman–Crippen LogP) is 1.50. The Hall–Kier alpha value is -1.71. The molecular formula is C4H3F3N2O2. The Bertz CT molecular complexity index is 152. The highest BCUT2D eigenvalue weighted by atomic mass is 19.3. The van der Waals surface area contributed by atoms with Gasteiger partial charge < -0.3 is 0 Å². The maximum atomic E-state index is 10.2. The molecule has 0 aliphatic heterocycles. The molecule has 0 rings (SSSR count). The average Bonchev–Trinajstić information content (AvgIpc) is 1.91. The molecule has 0 aromatic rings. The summed E-state index contributed by atoms with van der Waals surface area (Å²) < 4.78 is 30.7. The van der Waals surface area contributed by atoms with E-state index in [4.69, 9.17) is 20.4 Å². The van der Waals surface area contributed by atoms with Crippen molar-refractivity contribution in [2.45, 2.75) is 0 Å². The molecule has 7 heteroatoms. The normalized spacial score (nSPS) is 4.64. The van der Waals surface area contributed by atoms with Gasteiger partial charge in [0.15, 0.2) is 6.33 Å². The monoisotopic (exact) mass is 168 g/mol. The Labute approximate surface area is 59.3 Å². The first-order chi connectivity index (χ1) is 5.10. The minimum atomic E-state index is -2.29. The quantitative estimate of drug-likeness (QED) is 0.424. The fraction of sp³-hybridized carbons (Fsp3) is 0. The highest BCUT2D eigenvalue weighted by Gasteiger charge is 1.78. The highest BCUT2D eigenvalue weighted by molar-refractivity contribution is 5.26.